The SMILES string of the molecule is CCOC(=O)c1[nH]c(C)c(CCC(=O)N2CCC(C(=O)NCC[C@H](C)N3CCCC3)CC2)c1C. The zero-order valence-corrected chi connectivity index (χ0v) is 21.4. The number of nitrogens with one attached hydrogen (secondary N) is 2. The molecule has 2 fully saturated rings. The molecule has 190 valence electrons. The van der Waals surface area contributed by atoms with Crippen molar-refractivity contribution in [3.05, 3.63) is 22.5 Å². The number of hydrogen-bond donors (Lipinski definition) is 2. The molecule has 2 aliphatic heterocycles. The van der Waals surface area contributed by atoms with Crippen LogP contribution in [0, 0.1) is 19.8 Å². The van der Waals surface area contributed by atoms with Crippen molar-refractivity contribution in [2.75, 3.05) is 39.3 Å². The van der Waals surface area contributed by atoms with Crippen molar-refractivity contribution in [3.8, 4) is 0 Å². The molecule has 0 unspecified atom stereocenters. The van der Waals surface area contributed by atoms with E-state index < -0.39 is 0 Å². The summed E-state index contributed by atoms with van der Waals surface area (Å²) in [5.74, 6) is -0.124. The fourth-order valence-corrected chi connectivity index (χ4v) is 5.27. The van der Waals surface area contributed by atoms with Crippen LogP contribution in [0.2, 0.25) is 0 Å². The first-order chi connectivity index (χ1) is 16.3. The van der Waals surface area contributed by atoms with E-state index in [0.717, 1.165) is 29.8 Å². The molecule has 3 rings (SSSR count). The summed E-state index contributed by atoms with van der Waals surface area (Å²) >= 11 is 0. The summed E-state index contributed by atoms with van der Waals surface area (Å²) < 4.78 is 5.11. The maximum atomic E-state index is 12.8. The molecule has 1 aromatic rings. The number of aromatic nitrogens is 1. The van der Waals surface area contributed by atoms with Crippen LogP contribution in [0.4, 0.5) is 0 Å². The zero-order chi connectivity index (χ0) is 24.7. The number of amides is 2. The predicted molar refractivity (Wildman–Crippen MR) is 132 cm³/mol. The van der Waals surface area contributed by atoms with Gasteiger partial charge in [-0.15, -0.1) is 0 Å². The number of carbonyl (C=O) groups is 3. The van der Waals surface area contributed by atoms with E-state index in [0.29, 0.717) is 57.1 Å². The Bertz CT molecular complexity index is 851. The molecule has 1 atom stereocenters. The van der Waals surface area contributed by atoms with E-state index in [-0.39, 0.29) is 23.7 Å². The summed E-state index contributed by atoms with van der Waals surface area (Å²) in [4.78, 5) is 45.0. The first-order valence-corrected chi connectivity index (χ1v) is 13.0. The molecular weight excluding hydrogens is 432 g/mol. The van der Waals surface area contributed by atoms with Gasteiger partial charge < -0.3 is 24.8 Å². The van der Waals surface area contributed by atoms with Crippen LogP contribution >= 0.6 is 0 Å². The van der Waals surface area contributed by atoms with Crippen molar-refractivity contribution in [3.63, 3.8) is 0 Å². The highest BCUT2D eigenvalue weighted by atomic mass is 16.5. The van der Waals surface area contributed by atoms with Crippen LogP contribution in [0.3, 0.4) is 0 Å². The van der Waals surface area contributed by atoms with Crippen LogP contribution in [-0.2, 0) is 20.7 Å². The molecule has 1 aromatic heterocycles. The number of carbonyl (C=O) groups excluding carboxylic acids is 3. The van der Waals surface area contributed by atoms with Crippen LogP contribution in [0.15, 0.2) is 0 Å². The van der Waals surface area contributed by atoms with Gasteiger partial charge in [0.1, 0.15) is 5.69 Å². The normalized spacial score (nSPS) is 18.2. The molecule has 0 aliphatic carbocycles. The van der Waals surface area contributed by atoms with Gasteiger partial charge >= 0.3 is 5.97 Å². The van der Waals surface area contributed by atoms with Gasteiger partial charge in [-0.2, -0.15) is 0 Å². The van der Waals surface area contributed by atoms with Gasteiger partial charge in [0.25, 0.3) is 0 Å². The summed E-state index contributed by atoms with van der Waals surface area (Å²) in [6.07, 6.45) is 5.97. The van der Waals surface area contributed by atoms with Gasteiger partial charge in [0.15, 0.2) is 0 Å². The Labute approximate surface area is 203 Å². The third-order valence-corrected chi connectivity index (χ3v) is 7.51. The fraction of sp³-hybridized carbons (Fsp3) is 0.731. The average Bonchev–Trinajstić information content (AvgIpc) is 3.46. The number of rotatable bonds is 10. The standard InChI is InChI=1S/C26H42N4O4/c1-5-34-26(33)24-19(3)22(20(4)28-24)8-9-23(31)30-16-11-21(12-17-30)25(32)27-13-10-18(2)29-14-6-7-15-29/h18,21,28H,5-17H2,1-4H3,(H,27,32)/t18-/m0/s1. The van der Waals surface area contributed by atoms with Crippen molar-refractivity contribution in [2.45, 2.75) is 78.7 Å². The van der Waals surface area contributed by atoms with Crippen molar-refractivity contribution in [2.24, 2.45) is 5.92 Å². The zero-order valence-electron chi connectivity index (χ0n) is 21.4. The van der Waals surface area contributed by atoms with Crippen LogP contribution in [-0.4, -0.2) is 77.9 Å². The molecule has 2 saturated heterocycles. The van der Waals surface area contributed by atoms with Crippen molar-refractivity contribution in [1.29, 1.82) is 0 Å². The van der Waals surface area contributed by atoms with Gasteiger partial charge in [-0.3, -0.25) is 9.59 Å². The number of ether oxygens (including phenoxy) is 1. The van der Waals surface area contributed by atoms with Crippen molar-refractivity contribution >= 4 is 17.8 Å². The summed E-state index contributed by atoms with van der Waals surface area (Å²) in [5, 5.41) is 3.12. The minimum atomic E-state index is -0.355. The Morgan fingerprint density at radius 3 is 2.44 bits per heavy atom. The second kappa shape index (κ2) is 12.4. The predicted octanol–water partition coefficient (Wildman–Crippen LogP) is 2.97. The highest BCUT2D eigenvalue weighted by Gasteiger charge is 2.28. The van der Waals surface area contributed by atoms with Gasteiger partial charge in [0, 0.05) is 43.7 Å². The van der Waals surface area contributed by atoms with Gasteiger partial charge in [-0.1, -0.05) is 0 Å². The van der Waals surface area contributed by atoms with E-state index in [1.54, 1.807) is 6.92 Å². The molecule has 2 aliphatic rings. The second-order valence-electron chi connectivity index (χ2n) is 9.78. The van der Waals surface area contributed by atoms with E-state index in [4.69, 9.17) is 4.74 Å². The monoisotopic (exact) mass is 474 g/mol. The lowest BCUT2D eigenvalue weighted by molar-refractivity contribution is -0.135. The maximum Gasteiger partial charge on any atom is 0.355 e. The van der Waals surface area contributed by atoms with E-state index >= 15 is 0 Å². The number of H-pyrrole nitrogens is 1. The third kappa shape index (κ3) is 6.62. The molecule has 0 spiro atoms. The van der Waals surface area contributed by atoms with E-state index in [9.17, 15) is 14.4 Å². The number of piperidine rings is 1. The molecule has 0 bridgehead atoms. The molecular formula is C26H42N4O4. The summed E-state index contributed by atoms with van der Waals surface area (Å²) in [5.41, 5.74) is 3.25. The van der Waals surface area contributed by atoms with Crippen molar-refractivity contribution < 1.29 is 19.1 Å². The van der Waals surface area contributed by atoms with Crippen LogP contribution in [0.5, 0.6) is 0 Å². The molecule has 8 heteroatoms. The molecule has 34 heavy (non-hydrogen) atoms. The largest absolute Gasteiger partial charge is 0.461 e. The highest BCUT2D eigenvalue weighted by Crippen LogP contribution is 2.22. The minimum Gasteiger partial charge on any atom is -0.461 e. The lowest BCUT2D eigenvalue weighted by Gasteiger charge is -2.31. The van der Waals surface area contributed by atoms with Gasteiger partial charge in [0.2, 0.25) is 11.8 Å². The number of aryl methyl sites for hydroxylation is 1. The first kappa shape index (κ1) is 26.3. The number of likely N-dealkylation sites (tertiary alicyclic amines) is 2. The maximum absolute atomic E-state index is 12.8. The van der Waals surface area contributed by atoms with Crippen LogP contribution < -0.4 is 5.32 Å². The third-order valence-electron chi connectivity index (χ3n) is 7.51. The quantitative estimate of drug-likeness (QED) is 0.509. The number of aromatic amines is 1. The molecule has 8 nitrogen and oxygen atoms in total. The van der Waals surface area contributed by atoms with E-state index in [1.807, 2.05) is 18.7 Å². The Balaban J connectivity index is 1.39. The first-order valence-electron chi connectivity index (χ1n) is 13.0. The van der Waals surface area contributed by atoms with E-state index in [1.165, 1.54) is 25.9 Å². The fourth-order valence-electron chi connectivity index (χ4n) is 5.27. The summed E-state index contributed by atoms with van der Waals surface area (Å²) in [6, 6.07) is 0.517. The number of nitrogens with zero attached hydrogens (tertiary/aromatic N) is 2. The molecule has 0 aromatic carbocycles. The Hall–Kier alpha value is -2.35. The number of esters is 1. The second-order valence-corrected chi connectivity index (χ2v) is 9.78. The smallest absolute Gasteiger partial charge is 0.355 e. The Kier molecular flexibility index (Phi) is 9.56. The van der Waals surface area contributed by atoms with Gasteiger partial charge in [0.05, 0.1) is 6.61 Å². The average molecular weight is 475 g/mol. The van der Waals surface area contributed by atoms with Crippen LogP contribution in [0.1, 0.15) is 79.7 Å². The molecule has 2 amide bonds. The highest BCUT2D eigenvalue weighted by molar-refractivity contribution is 5.90. The lowest BCUT2D eigenvalue weighted by atomic mass is 9.95. The molecule has 3 heterocycles. The minimum absolute atomic E-state index is 0.00700. The lowest BCUT2D eigenvalue weighted by Crippen LogP contribution is -2.43. The molecule has 0 radical (unpaired) electrons. The summed E-state index contributed by atoms with van der Waals surface area (Å²) in [7, 11) is 0. The molecule has 2 N–H and O–H groups in total. The number of hydrogen-bond acceptors (Lipinski definition) is 5. The van der Waals surface area contributed by atoms with Gasteiger partial charge in [-0.05, 0) is 90.4 Å². The van der Waals surface area contributed by atoms with E-state index in [2.05, 4.69) is 22.1 Å². The van der Waals surface area contributed by atoms with Gasteiger partial charge in [-0.25, -0.2) is 4.79 Å². The molecule has 0 saturated carbocycles. The Morgan fingerprint density at radius 2 is 1.79 bits per heavy atom. The van der Waals surface area contributed by atoms with Crippen LogP contribution in [0.25, 0.3) is 0 Å². The topological polar surface area (TPSA) is 94.7 Å². The van der Waals surface area contributed by atoms with Crippen molar-refractivity contribution in [1.82, 2.24) is 20.1 Å². The summed E-state index contributed by atoms with van der Waals surface area (Å²) in [6.45, 7) is 12.5. The Morgan fingerprint density at radius 1 is 1.12 bits per heavy atom.